The maximum atomic E-state index is 9.63. The summed E-state index contributed by atoms with van der Waals surface area (Å²) in [6.45, 7) is 2.30. The maximum Gasteiger partial charge on any atom is 0.0568 e. The Labute approximate surface area is 74.6 Å². The van der Waals surface area contributed by atoms with E-state index in [0.29, 0.717) is 11.8 Å². The lowest BCUT2D eigenvalue weighted by molar-refractivity contribution is 0.0512. The first-order chi connectivity index (χ1) is 5.74. The zero-order valence-corrected chi connectivity index (χ0v) is 7.87. The van der Waals surface area contributed by atoms with Crippen LogP contribution in [0, 0.1) is 11.8 Å². The van der Waals surface area contributed by atoms with Crippen molar-refractivity contribution in [3.8, 4) is 0 Å². The molecule has 1 aliphatic carbocycles. The molecule has 1 aliphatic rings. The smallest absolute Gasteiger partial charge is 0.0568 e. The van der Waals surface area contributed by atoms with Crippen molar-refractivity contribution in [2.24, 2.45) is 11.8 Å². The molecule has 2 N–H and O–H groups in total. The van der Waals surface area contributed by atoms with Crippen molar-refractivity contribution in [2.75, 3.05) is 6.61 Å². The molecule has 0 aliphatic heterocycles. The van der Waals surface area contributed by atoms with Crippen molar-refractivity contribution in [1.29, 1.82) is 0 Å². The molecule has 1 fully saturated rings. The quantitative estimate of drug-likeness (QED) is 0.678. The van der Waals surface area contributed by atoms with E-state index >= 15 is 0 Å². The number of rotatable bonds is 3. The summed E-state index contributed by atoms with van der Waals surface area (Å²) < 4.78 is 0. The SMILES string of the molecule is CC(CO)CC1CCCCC1O. The Hall–Kier alpha value is -0.0800. The fourth-order valence-corrected chi connectivity index (χ4v) is 2.05. The molecule has 0 aromatic carbocycles. The van der Waals surface area contributed by atoms with E-state index in [1.165, 1.54) is 12.8 Å². The summed E-state index contributed by atoms with van der Waals surface area (Å²) in [4.78, 5) is 0. The predicted molar refractivity (Wildman–Crippen MR) is 48.8 cm³/mol. The van der Waals surface area contributed by atoms with E-state index in [-0.39, 0.29) is 12.7 Å². The van der Waals surface area contributed by atoms with Gasteiger partial charge < -0.3 is 10.2 Å². The van der Waals surface area contributed by atoms with Gasteiger partial charge in [0.1, 0.15) is 0 Å². The van der Waals surface area contributed by atoms with Gasteiger partial charge in [-0.2, -0.15) is 0 Å². The Morgan fingerprint density at radius 2 is 2.00 bits per heavy atom. The van der Waals surface area contributed by atoms with Crippen LogP contribution < -0.4 is 0 Å². The molecule has 12 heavy (non-hydrogen) atoms. The number of aliphatic hydroxyl groups excluding tert-OH is 2. The highest BCUT2D eigenvalue weighted by atomic mass is 16.3. The van der Waals surface area contributed by atoms with Gasteiger partial charge in [-0.05, 0) is 31.1 Å². The first kappa shape index (κ1) is 10.0. The minimum atomic E-state index is -0.104. The fourth-order valence-electron chi connectivity index (χ4n) is 2.05. The average Bonchev–Trinajstić information content (AvgIpc) is 2.09. The summed E-state index contributed by atoms with van der Waals surface area (Å²) in [6.07, 6.45) is 5.41. The standard InChI is InChI=1S/C10H20O2/c1-8(7-11)6-9-4-2-3-5-10(9)12/h8-12H,2-7H2,1H3. The van der Waals surface area contributed by atoms with Gasteiger partial charge in [0.05, 0.1) is 6.10 Å². The lowest BCUT2D eigenvalue weighted by Gasteiger charge is -2.29. The summed E-state index contributed by atoms with van der Waals surface area (Å²) >= 11 is 0. The normalized spacial score (nSPS) is 33.2. The Morgan fingerprint density at radius 3 is 2.58 bits per heavy atom. The molecule has 0 saturated heterocycles. The predicted octanol–water partition coefficient (Wildman–Crippen LogP) is 1.56. The van der Waals surface area contributed by atoms with Crippen LogP contribution in [-0.2, 0) is 0 Å². The molecule has 0 radical (unpaired) electrons. The van der Waals surface area contributed by atoms with Crippen molar-refractivity contribution >= 4 is 0 Å². The van der Waals surface area contributed by atoms with Gasteiger partial charge >= 0.3 is 0 Å². The van der Waals surface area contributed by atoms with Crippen LogP contribution in [0.2, 0.25) is 0 Å². The second-order valence-corrected chi connectivity index (χ2v) is 4.14. The van der Waals surface area contributed by atoms with Crippen molar-refractivity contribution in [1.82, 2.24) is 0 Å². The summed E-state index contributed by atoms with van der Waals surface area (Å²) in [6, 6.07) is 0. The van der Waals surface area contributed by atoms with E-state index < -0.39 is 0 Å². The van der Waals surface area contributed by atoms with Crippen LogP contribution in [0.5, 0.6) is 0 Å². The minimum Gasteiger partial charge on any atom is -0.396 e. The fraction of sp³-hybridized carbons (Fsp3) is 1.00. The molecule has 3 unspecified atom stereocenters. The largest absolute Gasteiger partial charge is 0.396 e. The third-order valence-corrected chi connectivity index (χ3v) is 2.89. The van der Waals surface area contributed by atoms with Gasteiger partial charge in [0.25, 0.3) is 0 Å². The van der Waals surface area contributed by atoms with Crippen molar-refractivity contribution in [3.05, 3.63) is 0 Å². The van der Waals surface area contributed by atoms with Crippen LogP contribution in [0.1, 0.15) is 39.0 Å². The Kier molecular flexibility index (Phi) is 4.02. The van der Waals surface area contributed by atoms with Gasteiger partial charge in [-0.1, -0.05) is 19.8 Å². The van der Waals surface area contributed by atoms with Crippen molar-refractivity contribution in [2.45, 2.75) is 45.1 Å². The molecule has 0 aromatic rings. The molecular formula is C10H20O2. The highest BCUT2D eigenvalue weighted by Gasteiger charge is 2.24. The van der Waals surface area contributed by atoms with E-state index in [2.05, 4.69) is 0 Å². The summed E-state index contributed by atoms with van der Waals surface area (Å²) in [5.74, 6) is 0.795. The van der Waals surface area contributed by atoms with Crippen LogP contribution in [-0.4, -0.2) is 22.9 Å². The molecule has 1 rings (SSSR count). The van der Waals surface area contributed by atoms with Crippen LogP contribution in [0.25, 0.3) is 0 Å². The molecule has 0 bridgehead atoms. The Balaban J connectivity index is 2.28. The number of hydrogen-bond donors (Lipinski definition) is 2. The van der Waals surface area contributed by atoms with E-state index in [0.717, 1.165) is 19.3 Å². The molecule has 3 atom stereocenters. The van der Waals surface area contributed by atoms with Gasteiger partial charge in [-0.15, -0.1) is 0 Å². The van der Waals surface area contributed by atoms with Crippen LogP contribution in [0.3, 0.4) is 0 Å². The molecule has 0 aromatic heterocycles. The van der Waals surface area contributed by atoms with Gasteiger partial charge in [-0.25, -0.2) is 0 Å². The molecule has 72 valence electrons. The molecule has 0 spiro atoms. The first-order valence-electron chi connectivity index (χ1n) is 5.03. The van der Waals surface area contributed by atoms with Gasteiger partial charge in [0.15, 0.2) is 0 Å². The Morgan fingerprint density at radius 1 is 1.33 bits per heavy atom. The lowest BCUT2D eigenvalue weighted by Crippen LogP contribution is -2.26. The highest BCUT2D eigenvalue weighted by molar-refractivity contribution is 4.75. The monoisotopic (exact) mass is 172 g/mol. The van der Waals surface area contributed by atoms with E-state index in [4.69, 9.17) is 5.11 Å². The third-order valence-electron chi connectivity index (χ3n) is 2.89. The van der Waals surface area contributed by atoms with E-state index in [1.807, 2.05) is 6.92 Å². The summed E-state index contributed by atoms with van der Waals surface area (Å²) in [5.41, 5.74) is 0. The maximum absolute atomic E-state index is 9.63. The van der Waals surface area contributed by atoms with Crippen LogP contribution in [0.4, 0.5) is 0 Å². The lowest BCUT2D eigenvalue weighted by atomic mass is 9.81. The first-order valence-corrected chi connectivity index (χ1v) is 5.03. The van der Waals surface area contributed by atoms with Gasteiger partial charge in [-0.3, -0.25) is 0 Å². The van der Waals surface area contributed by atoms with E-state index in [1.54, 1.807) is 0 Å². The van der Waals surface area contributed by atoms with Crippen LogP contribution >= 0.6 is 0 Å². The molecule has 1 saturated carbocycles. The summed E-state index contributed by atoms with van der Waals surface area (Å²) in [5, 5.41) is 18.5. The Bertz CT molecular complexity index is 125. The molecule has 0 heterocycles. The number of hydrogen-bond acceptors (Lipinski definition) is 2. The average molecular weight is 172 g/mol. The second-order valence-electron chi connectivity index (χ2n) is 4.14. The van der Waals surface area contributed by atoms with Crippen molar-refractivity contribution < 1.29 is 10.2 Å². The topological polar surface area (TPSA) is 40.5 Å². The molecule has 2 heteroatoms. The zero-order valence-electron chi connectivity index (χ0n) is 7.87. The molecule has 2 nitrogen and oxygen atoms in total. The second kappa shape index (κ2) is 4.83. The highest BCUT2D eigenvalue weighted by Crippen LogP contribution is 2.29. The van der Waals surface area contributed by atoms with Crippen LogP contribution in [0.15, 0.2) is 0 Å². The van der Waals surface area contributed by atoms with Gasteiger partial charge in [0.2, 0.25) is 0 Å². The number of aliphatic hydroxyl groups is 2. The third kappa shape index (κ3) is 2.76. The molecular weight excluding hydrogens is 152 g/mol. The molecule has 0 amide bonds. The zero-order chi connectivity index (χ0) is 8.97. The van der Waals surface area contributed by atoms with Crippen molar-refractivity contribution in [3.63, 3.8) is 0 Å². The summed E-state index contributed by atoms with van der Waals surface area (Å²) in [7, 11) is 0. The van der Waals surface area contributed by atoms with Gasteiger partial charge in [0, 0.05) is 6.61 Å². The minimum absolute atomic E-state index is 0.104. The van der Waals surface area contributed by atoms with E-state index in [9.17, 15) is 5.11 Å².